The second kappa shape index (κ2) is 10.7. The number of esters is 1. The summed E-state index contributed by atoms with van der Waals surface area (Å²) in [4.78, 5) is 27.8. The van der Waals surface area contributed by atoms with E-state index in [4.69, 9.17) is 0 Å². The summed E-state index contributed by atoms with van der Waals surface area (Å²) in [7, 11) is 1.32. The molecule has 1 aromatic heterocycles. The highest BCUT2D eigenvalue weighted by Gasteiger charge is 2.32. The van der Waals surface area contributed by atoms with Crippen molar-refractivity contribution in [2.75, 3.05) is 12.9 Å². The fourth-order valence-electron chi connectivity index (χ4n) is 2.09. The number of ether oxygens (including phenoxy) is 1. The van der Waals surface area contributed by atoms with Gasteiger partial charge in [0, 0.05) is 18.1 Å². The summed E-state index contributed by atoms with van der Waals surface area (Å²) >= 11 is 1.65. The molecule has 1 saturated heterocycles. The van der Waals surface area contributed by atoms with Crippen LogP contribution in [0.5, 0.6) is 0 Å². The van der Waals surface area contributed by atoms with Crippen molar-refractivity contribution in [3.05, 3.63) is 30.1 Å². The number of hydrogen-bond acceptors (Lipinski definition) is 6. The second-order valence-electron chi connectivity index (χ2n) is 4.71. The Kier molecular flexibility index (Phi) is 10.2. The van der Waals surface area contributed by atoms with E-state index in [1.165, 1.54) is 7.11 Å². The first-order valence-electron chi connectivity index (χ1n) is 6.81. The Bertz CT molecular complexity index is 507. The SMILES string of the molecule is CCC(NC(=O)C1CSC(c2cccnc2)N1)C(=O)OC.Cl.Cl. The number of carbonyl (C=O) groups is 2. The summed E-state index contributed by atoms with van der Waals surface area (Å²) in [6, 6.07) is 2.93. The van der Waals surface area contributed by atoms with Crippen LogP contribution in [0.25, 0.3) is 0 Å². The standard InChI is InChI=1S/C14H19N3O3S.2ClH/c1-3-10(14(19)20-2)16-12(18)11-8-21-13(17-11)9-5-4-6-15-7-9;;/h4-7,10-11,13,17H,3,8H2,1-2H3,(H,16,18);2*1H. The number of rotatable bonds is 5. The maximum absolute atomic E-state index is 12.2. The van der Waals surface area contributed by atoms with E-state index in [9.17, 15) is 9.59 Å². The maximum Gasteiger partial charge on any atom is 0.328 e. The number of amides is 1. The van der Waals surface area contributed by atoms with Gasteiger partial charge in [-0.05, 0) is 18.1 Å². The van der Waals surface area contributed by atoms with Crippen molar-refractivity contribution < 1.29 is 14.3 Å². The first-order chi connectivity index (χ1) is 10.2. The Morgan fingerprint density at radius 2 is 2.26 bits per heavy atom. The topological polar surface area (TPSA) is 80.3 Å². The van der Waals surface area contributed by atoms with Crippen molar-refractivity contribution in [1.82, 2.24) is 15.6 Å². The Morgan fingerprint density at radius 3 is 2.83 bits per heavy atom. The zero-order chi connectivity index (χ0) is 15.2. The molecule has 2 N–H and O–H groups in total. The molecule has 1 aliphatic heterocycles. The molecule has 3 atom stereocenters. The number of aromatic nitrogens is 1. The summed E-state index contributed by atoms with van der Waals surface area (Å²) in [6.07, 6.45) is 4.01. The number of methoxy groups -OCH3 is 1. The number of hydrogen-bond donors (Lipinski definition) is 2. The van der Waals surface area contributed by atoms with Crippen molar-refractivity contribution in [1.29, 1.82) is 0 Å². The van der Waals surface area contributed by atoms with E-state index in [2.05, 4.69) is 20.4 Å². The molecule has 130 valence electrons. The van der Waals surface area contributed by atoms with Crippen LogP contribution in [0.4, 0.5) is 0 Å². The van der Waals surface area contributed by atoms with Gasteiger partial charge in [-0.15, -0.1) is 36.6 Å². The molecule has 2 heterocycles. The summed E-state index contributed by atoms with van der Waals surface area (Å²) in [5.41, 5.74) is 1.04. The number of pyridine rings is 1. The molecule has 1 aliphatic rings. The van der Waals surface area contributed by atoms with E-state index in [1.807, 2.05) is 19.1 Å². The van der Waals surface area contributed by atoms with Crippen molar-refractivity contribution in [2.45, 2.75) is 30.8 Å². The lowest BCUT2D eigenvalue weighted by Gasteiger charge is -2.18. The van der Waals surface area contributed by atoms with Crippen LogP contribution in [-0.2, 0) is 14.3 Å². The Balaban J connectivity index is 0.00000242. The van der Waals surface area contributed by atoms with Crippen LogP contribution in [0.3, 0.4) is 0 Å². The molecule has 0 radical (unpaired) electrons. The summed E-state index contributed by atoms with van der Waals surface area (Å²) in [6.45, 7) is 1.83. The van der Waals surface area contributed by atoms with E-state index in [-0.39, 0.29) is 42.1 Å². The van der Waals surface area contributed by atoms with Gasteiger partial charge >= 0.3 is 5.97 Å². The average Bonchev–Trinajstić information content (AvgIpc) is 3.02. The summed E-state index contributed by atoms with van der Waals surface area (Å²) in [5, 5.41) is 6.03. The van der Waals surface area contributed by atoms with Gasteiger partial charge < -0.3 is 10.1 Å². The second-order valence-corrected chi connectivity index (χ2v) is 5.85. The predicted molar refractivity (Wildman–Crippen MR) is 95.1 cm³/mol. The quantitative estimate of drug-likeness (QED) is 0.755. The molecule has 0 saturated carbocycles. The highest BCUT2D eigenvalue weighted by Crippen LogP contribution is 2.32. The molecular weight excluding hydrogens is 361 g/mol. The first-order valence-corrected chi connectivity index (χ1v) is 7.86. The minimum Gasteiger partial charge on any atom is -0.467 e. The van der Waals surface area contributed by atoms with Gasteiger partial charge in [-0.2, -0.15) is 0 Å². The lowest BCUT2D eigenvalue weighted by atomic mass is 10.2. The largest absolute Gasteiger partial charge is 0.467 e. The molecule has 3 unspecified atom stereocenters. The minimum atomic E-state index is -0.591. The van der Waals surface area contributed by atoms with E-state index in [0.717, 1.165) is 5.56 Å². The third-order valence-electron chi connectivity index (χ3n) is 3.30. The molecule has 0 aliphatic carbocycles. The maximum atomic E-state index is 12.2. The van der Waals surface area contributed by atoms with Gasteiger partial charge in [-0.3, -0.25) is 15.1 Å². The zero-order valence-electron chi connectivity index (χ0n) is 12.9. The first kappa shape index (κ1) is 22.0. The summed E-state index contributed by atoms with van der Waals surface area (Å²) in [5.74, 6) is 0.0645. The van der Waals surface area contributed by atoms with Crippen molar-refractivity contribution >= 4 is 48.5 Å². The smallest absolute Gasteiger partial charge is 0.328 e. The van der Waals surface area contributed by atoms with Crippen LogP contribution in [-0.4, -0.2) is 41.8 Å². The third kappa shape index (κ3) is 5.84. The molecule has 1 aromatic rings. The van der Waals surface area contributed by atoms with Gasteiger partial charge in [0.25, 0.3) is 0 Å². The number of halogens is 2. The van der Waals surface area contributed by atoms with E-state index in [0.29, 0.717) is 12.2 Å². The average molecular weight is 382 g/mol. The lowest BCUT2D eigenvalue weighted by molar-refractivity contribution is -0.145. The molecule has 6 nitrogen and oxygen atoms in total. The molecule has 2 rings (SSSR count). The number of carbonyl (C=O) groups excluding carboxylic acids is 2. The summed E-state index contributed by atoms with van der Waals surface area (Å²) < 4.78 is 4.67. The van der Waals surface area contributed by atoms with E-state index >= 15 is 0 Å². The number of thioether (sulfide) groups is 1. The van der Waals surface area contributed by atoms with Gasteiger partial charge in [0.1, 0.15) is 6.04 Å². The van der Waals surface area contributed by atoms with Gasteiger partial charge in [0.05, 0.1) is 18.5 Å². The molecule has 1 fully saturated rings. The highest BCUT2D eigenvalue weighted by atomic mass is 35.5. The highest BCUT2D eigenvalue weighted by molar-refractivity contribution is 7.99. The molecule has 0 bridgehead atoms. The van der Waals surface area contributed by atoms with Crippen molar-refractivity contribution in [3.63, 3.8) is 0 Å². The van der Waals surface area contributed by atoms with Crippen LogP contribution >= 0.6 is 36.6 Å². The van der Waals surface area contributed by atoms with Crippen LogP contribution in [0.1, 0.15) is 24.3 Å². The Hall–Kier alpha value is -1.02. The number of nitrogens with one attached hydrogen (secondary N) is 2. The van der Waals surface area contributed by atoms with Gasteiger partial charge in [-0.1, -0.05) is 13.0 Å². The lowest BCUT2D eigenvalue weighted by Crippen LogP contribution is -2.49. The predicted octanol–water partition coefficient (Wildman–Crippen LogP) is 1.70. The van der Waals surface area contributed by atoms with Crippen LogP contribution in [0.2, 0.25) is 0 Å². The molecule has 23 heavy (non-hydrogen) atoms. The van der Waals surface area contributed by atoms with Crippen molar-refractivity contribution in [2.24, 2.45) is 0 Å². The van der Waals surface area contributed by atoms with Crippen LogP contribution in [0, 0.1) is 0 Å². The van der Waals surface area contributed by atoms with E-state index < -0.39 is 12.0 Å². The van der Waals surface area contributed by atoms with Crippen molar-refractivity contribution in [3.8, 4) is 0 Å². The van der Waals surface area contributed by atoms with Gasteiger partial charge in [-0.25, -0.2) is 4.79 Å². The third-order valence-corrected chi connectivity index (χ3v) is 4.56. The molecule has 0 spiro atoms. The van der Waals surface area contributed by atoms with Crippen LogP contribution < -0.4 is 10.6 Å². The molecule has 9 heteroatoms. The monoisotopic (exact) mass is 381 g/mol. The minimum absolute atomic E-state index is 0. The molecular formula is C14H21Cl2N3O3S. The zero-order valence-corrected chi connectivity index (χ0v) is 15.3. The van der Waals surface area contributed by atoms with E-state index in [1.54, 1.807) is 24.2 Å². The van der Waals surface area contributed by atoms with Gasteiger partial charge in [0.15, 0.2) is 0 Å². The van der Waals surface area contributed by atoms with Crippen LogP contribution in [0.15, 0.2) is 24.5 Å². The molecule has 0 aromatic carbocycles. The van der Waals surface area contributed by atoms with Gasteiger partial charge in [0.2, 0.25) is 5.91 Å². The fourth-order valence-corrected chi connectivity index (χ4v) is 3.31. The Morgan fingerprint density at radius 1 is 1.52 bits per heavy atom. The molecule has 1 amide bonds. The number of nitrogens with zero attached hydrogens (tertiary/aromatic N) is 1. The normalized spacial score (nSPS) is 20.6. The Labute approximate surface area is 152 Å². The fraction of sp³-hybridized carbons (Fsp3) is 0.500.